The molecule has 1 aliphatic rings. The molecule has 0 amide bonds. The van der Waals surface area contributed by atoms with Gasteiger partial charge >= 0.3 is 0 Å². The normalized spacial score (nSPS) is 15.3. The molecule has 0 fully saturated rings. The van der Waals surface area contributed by atoms with Gasteiger partial charge in [0.2, 0.25) is 5.12 Å². The van der Waals surface area contributed by atoms with Gasteiger partial charge in [-0.2, -0.15) is 0 Å². The van der Waals surface area contributed by atoms with E-state index in [0.29, 0.717) is 10.0 Å². The van der Waals surface area contributed by atoms with Crippen molar-refractivity contribution in [3.8, 4) is 0 Å². The zero-order chi connectivity index (χ0) is 18.3. The summed E-state index contributed by atoms with van der Waals surface area (Å²) in [5, 5.41) is 1.35. The summed E-state index contributed by atoms with van der Waals surface area (Å²) in [6.07, 6.45) is 0. The Bertz CT molecular complexity index is 988. The van der Waals surface area contributed by atoms with Crippen molar-refractivity contribution < 1.29 is 4.79 Å². The lowest BCUT2D eigenvalue weighted by atomic mass is 9.86. The predicted molar refractivity (Wildman–Crippen MR) is 110 cm³/mol. The Labute approximate surface area is 166 Å². The molecule has 0 radical (unpaired) electrons. The fourth-order valence-electron chi connectivity index (χ4n) is 3.33. The van der Waals surface area contributed by atoms with Crippen LogP contribution in [0.2, 0.25) is 10.0 Å². The molecule has 3 aromatic rings. The highest BCUT2D eigenvalue weighted by molar-refractivity contribution is 8.13. The van der Waals surface area contributed by atoms with Crippen LogP contribution in [0.4, 0.5) is 11.4 Å². The van der Waals surface area contributed by atoms with Crippen molar-refractivity contribution in [1.82, 2.24) is 0 Å². The number of hydrogen-bond acceptors (Lipinski definition) is 3. The Balaban J connectivity index is 1.80. The van der Waals surface area contributed by atoms with Crippen molar-refractivity contribution in [2.45, 2.75) is 10.8 Å². The van der Waals surface area contributed by atoms with Crippen LogP contribution in [-0.2, 0) is 4.79 Å². The standard InChI is InChI=1S/C21H15Cl2NOS/c1-24-18-5-3-2-4-16(18)20(17-12-14(23)8-11-19(17)24)21(25)26-15-9-6-13(22)7-10-15/h2-12,20H,1H3. The Hall–Kier alpha value is -1.94. The largest absolute Gasteiger partial charge is 0.344 e. The zero-order valence-corrected chi connectivity index (χ0v) is 16.3. The molecule has 1 atom stereocenters. The van der Waals surface area contributed by atoms with Gasteiger partial charge in [-0.15, -0.1) is 0 Å². The van der Waals surface area contributed by atoms with Crippen LogP contribution in [0.5, 0.6) is 0 Å². The third-order valence-electron chi connectivity index (χ3n) is 4.54. The molecule has 130 valence electrons. The number of rotatable bonds is 2. The van der Waals surface area contributed by atoms with Crippen molar-refractivity contribution in [3.05, 3.63) is 87.9 Å². The third-order valence-corrected chi connectivity index (χ3v) is 5.97. The number of fused-ring (bicyclic) bond motifs is 2. The van der Waals surface area contributed by atoms with Crippen LogP contribution >= 0.6 is 35.0 Å². The van der Waals surface area contributed by atoms with E-state index in [2.05, 4.69) is 4.90 Å². The lowest BCUT2D eigenvalue weighted by Gasteiger charge is -2.34. The number of benzene rings is 3. The average Bonchev–Trinajstić information content (AvgIpc) is 2.64. The molecular weight excluding hydrogens is 385 g/mol. The minimum Gasteiger partial charge on any atom is -0.344 e. The minimum atomic E-state index is -0.364. The van der Waals surface area contributed by atoms with E-state index in [4.69, 9.17) is 23.2 Å². The summed E-state index contributed by atoms with van der Waals surface area (Å²) in [7, 11) is 2.01. The maximum atomic E-state index is 13.3. The molecule has 2 nitrogen and oxygen atoms in total. The maximum Gasteiger partial charge on any atom is 0.205 e. The highest BCUT2D eigenvalue weighted by atomic mass is 35.5. The second-order valence-corrected chi connectivity index (χ2v) is 8.08. The molecule has 1 heterocycles. The van der Waals surface area contributed by atoms with Gasteiger partial charge in [-0.25, -0.2) is 0 Å². The Morgan fingerprint density at radius 3 is 2.31 bits per heavy atom. The van der Waals surface area contributed by atoms with Gasteiger partial charge in [0.05, 0.1) is 5.92 Å². The van der Waals surface area contributed by atoms with Gasteiger partial charge in [0.15, 0.2) is 0 Å². The summed E-state index contributed by atoms with van der Waals surface area (Å²) in [4.78, 5) is 16.2. The van der Waals surface area contributed by atoms with Gasteiger partial charge < -0.3 is 4.90 Å². The van der Waals surface area contributed by atoms with Gasteiger partial charge in [0.25, 0.3) is 0 Å². The van der Waals surface area contributed by atoms with E-state index in [1.807, 2.05) is 61.6 Å². The lowest BCUT2D eigenvalue weighted by molar-refractivity contribution is -0.111. The van der Waals surface area contributed by atoms with Crippen LogP contribution in [0, 0.1) is 0 Å². The molecule has 4 rings (SSSR count). The SMILES string of the molecule is CN1c2ccccc2C(C(=O)Sc2ccc(Cl)cc2)c2cc(Cl)ccc21. The van der Waals surface area contributed by atoms with Crippen molar-refractivity contribution in [2.24, 2.45) is 0 Å². The highest BCUT2D eigenvalue weighted by Gasteiger charge is 2.34. The summed E-state index contributed by atoms with van der Waals surface area (Å²) in [6, 6.07) is 21.1. The number of nitrogens with zero attached hydrogens (tertiary/aromatic N) is 1. The lowest BCUT2D eigenvalue weighted by Crippen LogP contribution is -2.24. The van der Waals surface area contributed by atoms with Gasteiger partial charge in [0.1, 0.15) is 0 Å². The summed E-state index contributed by atoms with van der Waals surface area (Å²) in [5.74, 6) is -0.364. The second kappa shape index (κ2) is 6.99. The Morgan fingerprint density at radius 1 is 0.885 bits per heavy atom. The van der Waals surface area contributed by atoms with Gasteiger partial charge in [0, 0.05) is 33.4 Å². The number of carbonyl (C=O) groups excluding carboxylic acids is 1. The summed E-state index contributed by atoms with van der Waals surface area (Å²) >= 11 is 13.4. The summed E-state index contributed by atoms with van der Waals surface area (Å²) in [6.45, 7) is 0. The first-order valence-electron chi connectivity index (χ1n) is 8.14. The summed E-state index contributed by atoms with van der Waals surface area (Å²) in [5.41, 5.74) is 3.97. The molecule has 0 saturated carbocycles. The molecule has 26 heavy (non-hydrogen) atoms. The number of halogens is 2. The second-order valence-electron chi connectivity index (χ2n) is 6.13. The number of anilines is 2. The highest BCUT2D eigenvalue weighted by Crippen LogP contribution is 2.47. The van der Waals surface area contributed by atoms with Crippen LogP contribution in [0.25, 0.3) is 0 Å². The van der Waals surface area contributed by atoms with Crippen molar-refractivity contribution in [2.75, 3.05) is 11.9 Å². The first-order valence-corrected chi connectivity index (χ1v) is 9.71. The molecule has 0 saturated heterocycles. The van der Waals surface area contributed by atoms with Crippen molar-refractivity contribution in [3.63, 3.8) is 0 Å². The molecule has 3 aromatic carbocycles. The van der Waals surface area contributed by atoms with E-state index in [0.717, 1.165) is 27.4 Å². The van der Waals surface area contributed by atoms with Crippen LogP contribution in [0.3, 0.4) is 0 Å². The maximum absolute atomic E-state index is 13.3. The molecule has 0 bridgehead atoms. The topological polar surface area (TPSA) is 20.3 Å². The quantitative estimate of drug-likeness (QED) is 0.457. The number of thioether (sulfide) groups is 1. The van der Waals surface area contributed by atoms with Crippen LogP contribution in [0.1, 0.15) is 17.0 Å². The first kappa shape index (κ1) is 17.5. The monoisotopic (exact) mass is 399 g/mol. The number of hydrogen-bond donors (Lipinski definition) is 0. The first-order chi connectivity index (χ1) is 12.5. The molecular formula is C21H15Cl2NOS. The van der Waals surface area contributed by atoms with Crippen LogP contribution in [-0.4, -0.2) is 12.2 Å². The molecule has 0 N–H and O–H groups in total. The fraction of sp³-hybridized carbons (Fsp3) is 0.0952. The van der Waals surface area contributed by atoms with Crippen molar-refractivity contribution >= 4 is 51.5 Å². The van der Waals surface area contributed by atoms with Gasteiger partial charge in [-0.3, -0.25) is 4.79 Å². The minimum absolute atomic E-state index is 0.0661. The Morgan fingerprint density at radius 2 is 1.54 bits per heavy atom. The van der Waals surface area contributed by atoms with Gasteiger partial charge in [-0.1, -0.05) is 53.2 Å². The van der Waals surface area contributed by atoms with E-state index in [1.165, 1.54) is 11.8 Å². The van der Waals surface area contributed by atoms with E-state index in [-0.39, 0.29) is 11.0 Å². The molecule has 1 aliphatic heterocycles. The average molecular weight is 400 g/mol. The molecule has 0 aromatic heterocycles. The van der Waals surface area contributed by atoms with Crippen LogP contribution < -0.4 is 4.90 Å². The van der Waals surface area contributed by atoms with Gasteiger partial charge in [-0.05, 0) is 59.7 Å². The molecule has 1 unspecified atom stereocenters. The molecule has 0 aliphatic carbocycles. The Kier molecular flexibility index (Phi) is 4.70. The van der Waals surface area contributed by atoms with E-state index in [1.54, 1.807) is 12.1 Å². The van der Waals surface area contributed by atoms with E-state index >= 15 is 0 Å². The predicted octanol–water partition coefficient (Wildman–Crippen LogP) is 6.53. The van der Waals surface area contributed by atoms with E-state index in [9.17, 15) is 4.79 Å². The van der Waals surface area contributed by atoms with Crippen molar-refractivity contribution in [1.29, 1.82) is 0 Å². The van der Waals surface area contributed by atoms with E-state index < -0.39 is 0 Å². The number of para-hydroxylation sites is 1. The zero-order valence-electron chi connectivity index (χ0n) is 13.9. The third kappa shape index (κ3) is 3.11. The smallest absolute Gasteiger partial charge is 0.205 e. The summed E-state index contributed by atoms with van der Waals surface area (Å²) < 4.78 is 0. The molecule has 0 spiro atoms. The number of carbonyl (C=O) groups is 1. The van der Waals surface area contributed by atoms with Crippen LogP contribution in [0.15, 0.2) is 71.6 Å². The fourth-order valence-corrected chi connectivity index (χ4v) is 4.51. The molecule has 5 heteroatoms.